The molecule has 0 aliphatic heterocycles. The normalized spacial score (nSPS) is 11.4. The fraction of sp³-hybridized carbons (Fsp3) is 0. The van der Waals surface area contributed by atoms with Gasteiger partial charge in [0.2, 0.25) is 5.95 Å². The van der Waals surface area contributed by atoms with Crippen LogP contribution < -0.4 is 5.73 Å². The van der Waals surface area contributed by atoms with Crippen LogP contribution in [0.4, 0.5) is 5.95 Å². The Balaban J connectivity index is 2.12. The number of H-pyrrole nitrogens is 1. The first-order chi connectivity index (χ1) is 9.33. The minimum Gasteiger partial charge on any atom is -0.366 e. The Bertz CT molecular complexity index is 888. The van der Waals surface area contributed by atoms with Gasteiger partial charge in [0.1, 0.15) is 5.69 Å². The number of nitrogens with one attached hydrogen (secondary N) is 1. The van der Waals surface area contributed by atoms with E-state index in [0.717, 1.165) is 22.2 Å². The topological polar surface area (TPSA) is 84.9 Å². The molecule has 3 heterocycles. The third-order valence-electron chi connectivity index (χ3n) is 3.12. The zero-order chi connectivity index (χ0) is 12.8. The Morgan fingerprint density at radius 1 is 1.21 bits per heavy atom. The Hall–Kier alpha value is -2.89. The zero-order valence-electron chi connectivity index (χ0n) is 9.91. The van der Waals surface area contributed by atoms with Crippen LogP contribution >= 0.6 is 0 Å². The van der Waals surface area contributed by atoms with Crippen LogP contribution in [0.2, 0.25) is 0 Å². The molecule has 19 heavy (non-hydrogen) atoms. The van der Waals surface area contributed by atoms with E-state index in [4.69, 9.17) is 5.73 Å². The summed E-state index contributed by atoms with van der Waals surface area (Å²) in [5.41, 5.74) is 9.16. The third kappa shape index (κ3) is 1.40. The van der Waals surface area contributed by atoms with Crippen molar-refractivity contribution in [2.45, 2.75) is 0 Å². The van der Waals surface area contributed by atoms with Crippen LogP contribution in [0.3, 0.4) is 0 Å². The number of hydrogen-bond donors (Lipinski definition) is 2. The van der Waals surface area contributed by atoms with E-state index in [-0.39, 0.29) is 5.95 Å². The van der Waals surface area contributed by atoms with Crippen LogP contribution in [0.15, 0.2) is 42.9 Å². The molecule has 4 rings (SSSR count). The second-order valence-electron chi connectivity index (χ2n) is 4.26. The highest BCUT2D eigenvalue weighted by molar-refractivity contribution is 5.97. The molecule has 0 saturated heterocycles. The van der Waals surface area contributed by atoms with E-state index in [1.807, 2.05) is 30.5 Å². The number of anilines is 1. The van der Waals surface area contributed by atoms with Gasteiger partial charge in [-0.05, 0) is 12.1 Å². The Morgan fingerprint density at radius 3 is 3.11 bits per heavy atom. The molecule has 92 valence electrons. The lowest BCUT2D eigenvalue weighted by molar-refractivity contribution is 0.954. The maximum absolute atomic E-state index is 5.65. The van der Waals surface area contributed by atoms with Crippen molar-refractivity contribution >= 4 is 22.5 Å². The maximum atomic E-state index is 5.65. The van der Waals surface area contributed by atoms with Gasteiger partial charge in [-0.3, -0.25) is 4.98 Å². The smallest absolute Gasteiger partial charge is 0.240 e. The van der Waals surface area contributed by atoms with Crippen LogP contribution in [-0.2, 0) is 0 Å². The lowest BCUT2D eigenvalue weighted by Gasteiger charge is -2.03. The van der Waals surface area contributed by atoms with E-state index in [9.17, 15) is 0 Å². The van der Waals surface area contributed by atoms with Crippen molar-refractivity contribution in [3.63, 3.8) is 0 Å². The van der Waals surface area contributed by atoms with Crippen LogP contribution in [0.5, 0.6) is 0 Å². The molecule has 0 fully saturated rings. The van der Waals surface area contributed by atoms with Gasteiger partial charge in [-0.15, -0.1) is 5.10 Å². The molecule has 0 amide bonds. The molecule has 0 saturated carbocycles. The van der Waals surface area contributed by atoms with Gasteiger partial charge in [-0.2, -0.15) is 4.98 Å². The van der Waals surface area contributed by atoms with Crippen LogP contribution in [0.1, 0.15) is 0 Å². The molecule has 4 aromatic rings. The average molecular weight is 250 g/mol. The fourth-order valence-electron chi connectivity index (χ4n) is 2.32. The Morgan fingerprint density at radius 2 is 2.16 bits per heavy atom. The molecular weight excluding hydrogens is 240 g/mol. The number of benzene rings is 1. The third-order valence-corrected chi connectivity index (χ3v) is 3.12. The molecule has 0 radical (unpaired) electrons. The summed E-state index contributed by atoms with van der Waals surface area (Å²) >= 11 is 0. The molecule has 0 aliphatic rings. The molecule has 3 N–H and O–H groups in total. The molecule has 3 aromatic heterocycles. The van der Waals surface area contributed by atoms with Crippen LogP contribution in [0.25, 0.3) is 27.8 Å². The number of aromatic nitrogens is 5. The van der Waals surface area contributed by atoms with Gasteiger partial charge in [0.15, 0.2) is 5.65 Å². The van der Waals surface area contributed by atoms with Crippen molar-refractivity contribution in [1.29, 1.82) is 0 Å². The van der Waals surface area contributed by atoms with Crippen molar-refractivity contribution in [3.05, 3.63) is 42.9 Å². The van der Waals surface area contributed by atoms with E-state index in [0.29, 0.717) is 5.65 Å². The van der Waals surface area contributed by atoms with Crippen LogP contribution in [0, 0.1) is 0 Å². The van der Waals surface area contributed by atoms with Gasteiger partial charge in [0.25, 0.3) is 0 Å². The van der Waals surface area contributed by atoms with Gasteiger partial charge in [0.05, 0.1) is 0 Å². The quantitative estimate of drug-likeness (QED) is 0.540. The van der Waals surface area contributed by atoms with E-state index >= 15 is 0 Å². The van der Waals surface area contributed by atoms with Gasteiger partial charge >= 0.3 is 0 Å². The summed E-state index contributed by atoms with van der Waals surface area (Å²) in [7, 11) is 0. The van der Waals surface area contributed by atoms with Crippen molar-refractivity contribution < 1.29 is 0 Å². The average Bonchev–Trinajstić information content (AvgIpc) is 3.02. The van der Waals surface area contributed by atoms with E-state index in [1.54, 1.807) is 16.9 Å². The standard InChI is InChI=1S/C13H10N6/c14-13-17-12-11(16-6-7-19(12)18-13)9-2-1-3-10-8(9)4-5-15-10/h1-7,15H,(H2,14,18). The summed E-state index contributed by atoms with van der Waals surface area (Å²) in [6, 6.07) is 8.05. The van der Waals surface area contributed by atoms with Gasteiger partial charge in [0, 0.05) is 35.1 Å². The summed E-state index contributed by atoms with van der Waals surface area (Å²) in [6.07, 6.45) is 5.34. The molecule has 1 aromatic carbocycles. The lowest BCUT2D eigenvalue weighted by Crippen LogP contribution is -1.93. The number of nitrogen functional groups attached to an aromatic ring is 1. The fourth-order valence-corrected chi connectivity index (χ4v) is 2.32. The van der Waals surface area contributed by atoms with Crippen molar-refractivity contribution in [2.75, 3.05) is 5.73 Å². The molecule has 0 atom stereocenters. The lowest BCUT2D eigenvalue weighted by atomic mass is 10.1. The number of nitrogens with zero attached hydrogens (tertiary/aromatic N) is 4. The second kappa shape index (κ2) is 3.55. The summed E-state index contributed by atoms with van der Waals surface area (Å²) in [5, 5.41) is 5.20. The monoisotopic (exact) mass is 250 g/mol. The van der Waals surface area contributed by atoms with Crippen LogP contribution in [-0.4, -0.2) is 24.6 Å². The minimum atomic E-state index is 0.246. The van der Waals surface area contributed by atoms with Crippen molar-refractivity contribution in [1.82, 2.24) is 24.6 Å². The molecule has 0 spiro atoms. The predicted octanol–water partition coefficient (Wildman–Crippen LogP) is 1.85. The van der Waals surface area contributed by atoms with Gasteiger partial charge < -0.3 is 10.7 Å². The Labute approximate surface area is 107 Å². The first-order valence-electron chi connectivity index (χ1n) is 5.86. The van der Waals surface area contributed by atoms with Gasteiger partial charge in [-0.1, -0.05) is 12.1 Å². The minimum absolute atomic E-state index is 0.246. The van der Waals surface area contributed by atoms with Crippen molar-refractivity contribution in [2.24, 2.45) is 0 Å². The molecule has 6 heteroatoms. The maximum Gasteiger partial charge on any atom is 0.240 e. The number of fused-ring (bicyclic) bond motifs is 2. The summed E-state index contributed by atoms with van der Waals surface area (Å²) in [4.78, 5) is 11.9. The first kappa shape index (κ1) is 10.1. The molecule has 0 bridgehead atoms. The number of nitrogens with two attached hydrogens (primary N) is 1. The number of aromatic amines is 1. The van der Waals surface area contributed by atoms with Gasteiger partial charge in [-0.25, -0.2) is 4.52 Å². The Kier molecular flexibility index (Phi) is 1.88. The largest absolute Gasteiger partial charge is 0.366 e. The molecular formula is C13H10N6. The van der Waals surface area contributed by atoms with E-state index in [2.05, 4.69) is 20.1 Å². The number of rotatable bonds is 1. The SMILES string of the molecule is Nc1nc2c(-c3cccc4[nH]ccc34)nccn2n1. The van der Waals surface area contributed by atoms with E-state index < -0.39 is 0 Å². The second-order valence-corrected chi connectivity index (χ2v) is 4.26. The summed E-state index contributed by atoms with van der Waals surface area (Å²) in [6.45, 7) is 0. The zero-order valence-corrected chi connectivity index (χ0v) is 9.91. The van der Waals surface area contributed by atoms with Crippen molar-refractivity contribution in [3.8, 4) is 11.3 Å². The first-order valence-corrected chi connectivity index (χ1v) is 5.86. The predicted molar refractivity (Wildman–Crippen MR) is 72.5 cm³/mol. The highest BCUT2D eigenvalue weighted by Gasteiger charge is 2.12. The summed E-state index contributed by atoms with van der Waals surface area (Å²) < 4.78 is 1.64. The highest BCUT2D eigenvalue weighted by Crippen LogP contribution is 2.28. The highest BCUT2D eigenvalue weighted by atomic mass is 15.3. The van der Waals surface area contributed by atoms with E-state index in [1.165, 1.54) is 0 Å². The number of hydrogen-bond acceptors (Lipinski definition) is 4. The molecule has 0 unspecified atom stereocenters. The summed E-state index contributed by atoms with van der Waals surface area (Å²) in [5.74, 6) is 0.246. The molecule has 6 nitrogen and oxygen atoms in total. The molecule has 0 aliphatic carbocycles.